The second-order valence-electron chi connectivity index (χ2n) is 13.5. The summed E-state index contributed by atoms with van der Waals surface area (Å²) >= 11 is 1.52. The van der Waals surface area contributed by atoms with Gasteiger partial charge in [0, 0.05) is 40.6 Å². The Labute approximate surface area is 300 Å². The number of carbonyl (C=O) groups is 1. The van der Waals surface area contributed by atoms with Crippen molar-refractivity contribution in [2.45, 2.75) is 68.3 Å². The van der Waals surface area contributed by atoms with Crippen molar-refractivity contribution in [2.24, 2.45) is 0 Å². The van der Waals surface area contributed by atoms with E-state index in [9.17, 15) is 14.3 Å². The van der Waals surface area contributed by atoms with Crippen LogP contribution in [0, 0.1) is 5.82 Å². The molecular weight excluding hydrogens is 664 g/mol. The van der Waals surface area contributed by atoms with Gasteiger partial charge in [0.2, 0.25) is 0 Å². The lowest BCUT2D eigenvalue weighted by Gasteiger charge is -2.19. The SMILES string of the molecule is CCC(C)(C)c1cc(NC(=O)NCc2ccccc2Sc2ccc3nnc(-c4cc(F)ccc4O)n3c2)n(-c2cccc(CN3CCCC3)c2)n1. The second kappa shape index (κ2) is 14.6. The quantitative estimate of drug-likeness (QED) is 0.125. The zero-order chi connectivity index (χ0) is 35.5. The Kier molecular flexibility index (Phi) is 9.79. The monoisotopic (exact) mass is 704 g/mol. The van der Waals surface area contributed by atoms with Crippen LogP contribution in [-0.4, -0.2) is 53.5 Å². The van der Waals surface area contributed by atoms with Gasteiger partial charge in [-0.25, -0.2) is 13.9 Å². The van der Waals surface area contributed by atoms with Gasteiger partial charge in [0.15, 0.2) is 11.5 Å². The molecule has 10 nitrogen and oxygen atoms in total. The van der Waals surface area contributed by atoms with Gasteiger partial charge in [-0.1, -0.05) is 62.9 Å². The van der Waals surface area contributed by atoms with Crippen molar-refractivity contribution < 1.29 is 14.3 Å². The fourth-order valence-corrected chi connectivity index (χ4v) is 7.15. The summed E-state index contributed by atoms with van der Waals surface area (Å²) in [6.07, 6.45) is 5.24. The van der Waals surface area contributed by atoms with Crippen molar-refractivity contribution in [1.29, 1.82) is 0 Å². The number of urea groups is 1. The molecule has 0 radical (unpaired) electrons. The zero-order valence-corrected chi connectivity index (χ0v) is 29.8. The number of pyridine rings is 1. The van der Waals surface area contributed by atoms with Crippen LogP contribution < -0.4 is 10.6 Å². The molecule has 0 atom stereocenters. The summed E-state index contributed by atoms with van der Waals surface area (Å²) in [5, 5.41) is 29.9. The van der Waals surface area contributed by atoms with E-state index in [4.69, 9.17) is 5.10 Å². The third-order valence-electron chi connectivity index (χ3n) is 9.50. The van der Waals surface area contributed by atoms with E-state index in [0.717, 1.165) is 52.8 Å². The van der Waals surface area contributed by atoms with Crippen molar-refractivity contribution in [3.05, 3.63) is 114 Å². The van der Waals surface area contributed by atoms with Crippen molar-refractivity contribution in [2.75, 3.05) is 18.4 Å². The highest BCUT2D eigenvalue weighted by Gasteiger charge is 2.25. The van der Waals surface area contributed by atoms with Crippen molar-refractivity contribution in [3.63, 3.8) is 0 Å². The first-order valence-corrected chi connectivity index (χ1v) is 18.0. The lowest BCUT2D eigenvalue weighted by Crippen LogP contribution is -2.29. The van der Waals surface area contributed by atoms with E-state index in [1.54, 1.807) is 4.40 Å². The van der Waals surface area contributed by atoms with E-state index in [-0.39, 0.29) is 22.8 Å². The van der Waals surface area contributed by atoms with Crippen LogP contribution in [0.2, 0.25) is 0 Å². The first-order valence-electron chi connectivity index (χ1n) is 17.2. The van der Waals surface area contributed by atoms with Crippen LogP contribution in [0.3, 0.4) is 0 Å². The minimum absolute atomic E-state index is 0.0853. The molecule has 4 heterocycles. The standard InChI is InChI=1S/C39H41FN8O2S/c1-4-39(2,3)34-22-36(48(45-34)29-12-9-10-26(20-29)24-46-18-7-8-19-46)42-38(50)41-23-27-11-5-6-13-33(27)51-30-15-17-35-43-44-37(47(35)25-30)31-21-28(40)14-16-32(31)49/h5-6,9-17,20-22,25,49H,4,7-8,18-19,23-24H2,1-3H3,(H2,41,42,50). The minimum atomic E-state index is -0.479. The Morgan fingerprint density at radius 3 is 2.63 bits per heavy atom. The van der Waals surface area contributed by atoms with Gasteiger partial charge in [0.25, 0.3) is 0 Å². The van der Waals surface area contributed by atoms with Gasteiger partial charge < -0.3 is 10.4 Å². The van der Waals surface area contributed by atoms with Gasteiger partial charge in [-0.15, -0.1) is 10.2 Å². The number of anilines is 1. The molecule has 1 fully saturated rings. The first-order chi connectivity index (χ1) is 24.7. The van der Waals surface area contributed by atoms with Crippen LogP contribution in [0.15, 0.2) is 101 Å². The third-order valence-corrected chi connectivity index (χ3v) is 10.6. The van der Waals surface area contributed by atoms with Crippen LogP contribution in [0.4, 0.5) is 15.0 Å². The van der Waals surface area contributed by atoms with Crippen LogP contribution in [0.25, 0.3) is 22.7 Å². The maximum Gasteiger partial charge on any atom is 0.320 e. The van der Waals surface area contributed by atoms with Crippen LogP contribution >= 0.6 is 11.8 Å². The minimum Gasteiger partial charge on any atom is -0.507 e. The lowest BCUT2D eigenvalue weighted by atomic mass is 9.87. The highest BCUT2D eigenvalue weighted by atomic mass is 32.2. The fraction of sp³-hybridized carbons (Fsp3) is 0.282. The lowest BCUT2D eigenvalue weighted by molar-refractivity contribution is 0.251. The molecule has 3 aromatic carbocycles. The molecule has 3 aromatic heterocycles. The molecule has 0 bridgehead atoms. The number of phenolic OH excluding ortho intramolecular Hbond substituents is 1. The summed E-state index contributed by atoms with van der Waals surface area (Å²) in [7, 11) is 0. The van der Waals surface area contributed by atoms with E-state index in [0.29, 0.717) is 23.8 Å². The summed E-state index contributed by atoms with van der Waals surface area (Å²) in [5.41, 5.74) is 4.61. The first kappa shape index (κ1) is 34.3. The Morgan fingerprint density at radius 1 is 0.980 bits per heavy atom. The van der Waals surface area contributed by atoms with Crippen LogP contribution in [-0.2, 0) is 18.5 Å². The molecule has 1 aliphatic heterocycles. The number of benzene rings is 3. The third kappa shape index (κ3) is 7.62. The van der Waals surface area contributed by atoms with Crippen molar-refractivity contribution in [1.82, 2.24) is 34.6 Å². The highest BCUT2D eigenvalue weighted by molar-refractivity contribution is 7.99. The number of likely N-dealkylation sites (tertiary alicyclic amines) is 1. The van der Waals surface area contributed by atoms with E-state index in [1.807, 2.05) is 59.4 Å². The molecule has 2 amide bonds. The zero-order valence-electron chi connectivity index (χ0n) is 28.9. The number of nitrogens with zero attached hydrogens (tertiary/aromatic N) is 6. The van der Waals surface area contributed by atoms with Crippen LogP contribution in [0.5, 0.6) is 5.75 Å². The molecule has 0 aliphatic carbocycles. The number of carbonyl (C=O) groups excluding carboxylic acids is 1. The van der Waals surface area contributed by atoms with E-state index in [1.165, 1.54) is 48.4 Å². The van der Waals surface area contributed by atoms with Gasteiger partial charge in [-0.3, -0.25) is 14.6 Å². The summed E-state index contributed by atoms with van der Waals surface area (Å²) < 4.78 is 17.6. The largest absolute Gasteiger partial charge is 0.507 e. The number of halogens is 1. The van der Waals surface area contributed by atoms with Gasteiger partial charge >= 0.3 is 6.03 Å². The average molecular weight is 705 g/mol. The smallest absolute Gasteiger partial charge is 0.320 e. The fourth-order valence-electron chi connectivity index (χ4n) is 6.18. The van der Waals surface area contributed by atoms with Gasteiger partial charge in [-0.2, -0.15) is 5.10 Å². The van der Waals surface area contributed by atoms with E-state index >= 15 is 0 Å². The normalized spacial score (nSPS) is 13.6. The average Bonchev–Trinajstić information content (AvgIpc) is 3.90. The number of hydrogen-bond donors (Lipinski definition) is 3. The number of hydrogen-bond acceptors (Lipinski definition) is 7. The topological polar surface area (TPSA) is 113 Å². The summed E-state index contributed by atoms with van der Waals surface area (Å²) in [4.78, 5) is 17.8. The number of amides is 2. The number of phenols is 1. The van der Waals surface area contributed by atoms with Gasteiger partial charge in [0.1, 0.15) is 17.4 Å². The molecule has 0 saturated carbocycles. The molecule has 1 aliphatic rings. The molecule has 1 saturated heterocycles. The molecule has 0 spiro atoms. The Hall–Kier alpha value is -5.20. The molecule has 3 N–H and O–H groups in total. The molecule has 51 heavy (non-hydrogen) atoms. The molecule has 0 unspecified atom stereocenters. The second-order valence-corrected chi connectivity index (χ2v) is 14.6. The van der Waals surface area contributed by atoms with E-state index < -0.39 is 5.82 Å². The van der Waals surface area contributed by atoms with E-state index in [2.05, 4.69) is 64.7 Å². The summed E-state index contributed by atoms with van der Waals surface area (Å²) in [6, 6.07) is 25.4. The predicted octanol–water partition coefficient (Wildman–Crippen LogP) is 8.18. The maximum atomic E-state index is 14.0. The van der Waals surface area contributed by atoms with Gasteiger partial charge in [-0.05, 0) is 92.0 Å². The number of aromatic nitrogens is 5. The number of nitrogens with one attached hydrogen (secondary N) is 2. The Morgan fingerprint density at radius 2 is 1.80 bits per heavy atom. The maximum absolute atomic E-state index is 14.0. The highest BCUT2D eigenvalue weighted by Crippen LogP contribution is 2.34. The summed E-state index contributed by atoms with van der Waals surface area (Å²) in [5.74, 6) is 0.372. The molecule has 12 heteroatoms. The summed E-state index contributed by atoms with van der Waals surface area (Å²) in [6.45, 7) is 9.89. The molecule has 6 aromatic rings. The van der Waals surface area contributed by atoms with Crippen molar-refractivity contribution >= 4 is 29.3 Å². The van der Waals surface area contributed by atoms with Crippen LogP contribution in [0.1, 0.15) is 56.9 Å². The van der Waals surface area contributed by atoms with Gasteiger partial charge in [0.05, 0.1) is 16.9 Å². The number of rotatable bonds is 11. The number of aromatic hydroxyl groups is 1. The molecular formula is C39H41FN8O2S. The van der Waals surface area contributed by atoms with Crippen molar-refractivity contribution in [3.8, 4) is 22.8 Å². The predicted molar refractivity (Wildman–Crippen MR) is 198 cm³/mol. The number of fused-ring (bicyclic) bond motifs is 1. The Bertz CT molecular complexity index is 2190. The molecule has 262 valence electrons. The molecule has 7 rings (SSSR count). The Balaban J connectivity index is 1.08.